The van der Waals surface area contributed by atoms with Crippen molar-refractivity contribution in [2.75, 3.05) is 0 Å². The topological polar surface area (TPSA) is 9.86 Å². The summed E-state index contributed by atoms with van der Waals surface area (Å²) >= 11 is 0. The van der Waals surface area contributed by atoms with Gasteiger partial charge >= 0.3 is 0 Å². The van der Waals surface area contributed by atoms with Crippen LogP contribution in [0, 0.1) is 18.6 Å². The summed E-state index contributed by atoms with van der Waals surface area (Å²) in [5.74, 6) is -1.21. The van der Waals surface area contributed by atoms with Gasteiger partial charge in [-0.3, -0.25) is 0 Å². The van der Waals surface area contributed by atoms with Crippen LogP contribution in [0.3, 0.4) is 0 Å². The highest BCUT2D eigenvalue weighted by Gasteiger charge is 2.22. The molecule has 0 unspecified atom stereocenters. The smallest absolute Gasteiger partial charge is 0.126 e. The molecule has 2 heterocycles. The first-order valence-electron chi connectivity index (χ1n) is 17.8. The van der Waals surface area contributed by atoms with Crippen molar-refractivity contribution in [3.63, 3.8) is 0 Å². The van der Waals surface area contributed by atoms with E-state index >= 15 is 0 Å². The fourth-order valence-corrected chi connectivity index (χ4v) is 8.15. The molecule has 0 aliphatic carbocycles. The Morgan fingerprint density at radius 1 is 0.340 bits per heavy atom. The molecule has 8 aromatic carbocycles. The van der Waals surface area contributed by atoms with Gasteiger partial charge in [0.15, 0.2) is 0 Å². The number of halogens is 2. The fraction of sp³-hybridized carbons (Fsp3) is 0.0204. The van der Waals surface area contributed by atoms with Crippen LogP contribution in [0.2, 0.25) is 0 Å². The van der Waals surface area contributed by atoms with Gasteiger partial charge in [0.25, 0.3) is 0 Å². The Morgan fingerprint density at radius 3 is 1.28 bits per heavy atom. The summed E-state index contributed by atoms with van der Waals surface area (Å²) < 4.78 is 34.2. The van der Waals surface area contributed by atoms with Crippen LogP contribution in [0.25, 0.3) is 88.4 Å². The van der Waals surface area contributed by atoms with Crippen LogP contribution in [0.4, 0.5) is 8.78 Å². The maximum Gasteiger partial charge on any atom is 0.126 e. The molecule has 0 spiro atoms. The van der Waals surface area contributed by atoms with E-state index in [2.05, 4.69) is 155 Å². The number of aryl methyl sites for hydroxylation is 1. The van der Waals surface area contributed by atoms with Crippen LogP contribution in [0.15, 0.2) is 176 Å². The average Bonchev–Trinajstić information content (AvgIpc) is 3.70. The average molecular weight is 687 g/mol. The van der Waals surface area contributed by atoms with Crippen LogP contribution in [0.1, 0.15) is 5.56 Å². The van der Waals surface area contributed by atoms with Crippen molar-refractivity contribution in [2.45, 2.75) is 6.92 Å². The SMILES string of the molecule is Cc1cc(-n2c3ccccc3c3cc(-c4ccccc4)ccc32)c(-n2c3ccccc3c3cc(-c4ccccc4)ccc32)cc1-c1cc(F)cc(F)c1. The number of aromatic nitrogens is 2. The van der Waals surface area contributed by atoms with Crippen molar-refractivity contribution in [1.82, 2.24) is 9.13 Å². The molecule has 252 valence electrons. The first-order chi connectivity index (χ1) is 26.0. The maximum absolute atomic E-state index is 14.8. The van der Waals surface area contributed by atoms with E-state index in [1.165, 1.54) is 12.1 Å². The molecule has 0 saturated heterocycles. The number of para-hydroxylation sites is 2. The second-order valence-electron chi connectivity index (χ2n) is 13.7. The molecule has 4 heteroatoms. The molecular weight excluding hydrogens is 655 g/mol. The van der Waals surface area contributed by atoms with Crippen molar-refractivity contribution in [1.29, 1.82) is 0 Å². The van der Waals surface area contributed by atoms with Crippen LogP contribution < -0.4 is 0 Å². The Morgan fingerprint density at radius 2 is 0.774 bits per heavy atom. The third-order valence-electron chi connectivity index (χ3n) is 10.5. The normalized spacial score (nSPS) is 11.7. The molecule has 0 N–H and O–H groups in total. The van der Waals surface area contributed by atoms with Gasteiger partial charge in [0.1, 0.15) is 11.6 Å². The van der Waals surface area contributed by atoms with E-state index in [4.69, 9.17) is 0 Å². The van der Waals surface area contributed by atoms with Crippen LogP contribution in [0.5, 0.6) is 0 Å². The number of benzene rings is 8. The lowest BCUT2D eigenvalue weighted by molar-refractivity contribution is 0.584. The highest BCUT2D eigenvalue weighted by molar-refractivity contribution is 6.13. The lowest BCUT2D eigenvalue weighted by atomic mass is 9.98. The van der Waals surface area contributed by atoms with Gasteiger partial charge in [-0.25, -0.2) is 8.78 Å². The minimum absolute atomic E-state index is 0.495. The number of hydrogen-bond acceptors (Lipinski definition) is 0. The molecule has 0 radical (unpaired) electrons. The minimum Gasteiger partial charge on any atom is -0.307 e. The van der Waals surface area contributed by atoms with E-state index < -0.39 is 11.6 Å². The Kier molecular flexibility index (Phi) is 7.12. The van der Waals surface area contributed by atoms with E-state index in [1.54, 1.807) is 0 Å². The van der Waals surface area contributed by atoms with Gasteiger partial charge in [0.05, 0.1) is 33.4 Å². The summed E-state index contributed by atoms with van der Waals surface area (Å²) in [6.07, 6.45) is 0. The van der Waals surface area contributed by atoms with Gasteiger partial charge in [0.2, 0.25) is 0 Å². The molecule has 0 bridgehead atoms. The second-order valence-corrected chi connectivity index (χ2v) is 13.7. The molecule has 2 aromatic heterocycles. The molecule has 0 aliphatic heterocycles. The van der Waals surface area contributed by atoms with Gasteiger partial charge in [-0.15, -0.1) is 0 Å². The van der Waals surface area contributed by atoms with Gasteiger partial charge in [-0.2, -0.15) is 0 Å². The zero-order valence-electron chi connectivity index (χ0n) is 28.9. The Labute approximate surface area is 305 Å². The largest absolute Gasteiger partial charge is 0.307 e. The van der Waals surface area contributed by atoms with Gasteiger partial charge in [-0.1, -0.05) is 109 Å². The molecule has 53 heavy (non-hydrogen) atoms. The van der Waals surface area contributed by atoms with E-state index in [-0.39, 0.29) is 0 Å². The van der Waals surface area contributed by atoms with Crippen molar-refractivity contribution in [3.8, 4) is 44.8 Å². The number of rotatable bonds is 5. The van der Waals surface area contributed by atoms with Crippen LogP contribution in [-0.4, -0.2) is 9.13 Å². The Hall–Kier alpha value is -6.78. The van der Waals surface area contributed by atoms with Gasteiger partial charge in [0, 0.05) is 27.6 Å². The summed E-state index contributed by atoms with van der Waals surface area (Å²) in [6, 6.07) is 59.2. The van der Waals surface area contributed by atoms with E-state index in [1.807, 2.05) is 19.1 Å². The molecule has 2 nitrogen and oxygen atoms in total. The highest BCUT2D eigenvalue weighted by atomic mass is 19.1. The van der Waals surface area contributed by atoms with Crippen molar-refractivity contribution >= 4 is 43.6 Å². The summed E-state index contributed by atoms with van der Waals surface area (Å²) in [6.45, 7) is 2.02. The molecule has 0 saturated carbocycles. The van der Waals surface area contributed by atoms with E-state index in [0.717, 1.165) is 94.4 Å². The molecule has 10 aromatic rings. The molecule has 0 fully saturated rings. The zero-order chi connectivity index (χ0) is 35.6. The highest BCUT2D eigenvalue weighted by Crippen LogP contribution is 2.42. The third-order valence-corrected chi connectivity index (χ3v) is 10.5. The quantitative estimate of drug-likeness (QED) is 0.171. The predicted molar refractivity (Wildman–Crippen MR) is 216 cm³/mol. The third kappa shape index (κ3) is 5.06. The summed E-state index contributed by atoms with van der Waals surface area (Å²) in [5, 5.41) is 4.55. The second kappa shape index (κ2) is 12.2. The van der Waals surface area contributed by atoms with Crippen molar-refractivity contribution in [3.05, 3.63) is 193 Å². The van der Waals surface area contributed by atoms with E-state index in [0.29, 0.717) is 5.56 Å². The zero-order valence-corrected chi connectivity index (χ0v) is 28.9. The molecule has 0 atom stereocenters. The molecule has 10 rings (SSSR count). The van der Waals surface area contributed by atoms with E-state index in [9.17, 15) is 8.78 Å². The summed E-state index contributed by atoms with van der Waals surface area (Å²) in [4.78, 5) is 0. The first kappa shape index (κ1) is 31.0. The fourth-order valence-electron chi connectivity index (χ4n) is 8.15. The van der Waals surface area contributed by atoms with Crippen LogP contribution in [-0.2, 0) is 0 Å². The van der Waals surface area contributed by atoms with Crippen molar-refractivity contribution in [2.24, 2.45) is 0 Å². The first-order valence-corrected chi connectivity index (χ1v) is 17.8. The molecule has 0 aliphatic rings. The summed E-state index contributed by atoms with van der Waals surface area (Å²) in [7, 11) is 0. The van der Waals surface area contributed by atoms with Crippen molar-refractivity contribution < 1.29 is 8.78 Å². The summed E-state index contributed by atoms with van der Waals surface area (Å²) in [5.41, 5.74) is 12.9. The van der Waals surface area contributed by atoms with Gasteiger partial charge in [-0.05, 0) is 107 Å². The molecule has 0 amide bonds. The minimum atomic E-state index is -0.605. The molecular formula is C49H32F2N2. The number of fused-ring (bicyclic) bond motifs is 6. The standard InChI is InChI=1S/C49H32F2N2/c1-31-24-48(52-44-18-10-8-16-39(44)42-27-34(20-22-46(42)52)32-12-4-2-5-13-32)49(30-41(31)36-25-37(50)29-38(51)26-36)53-45-19-11-9-17-40(45)43-28-35(21-23-47(43)53)33-14-6-3-7-15-33/h2-30H,1H3. The van der Waals surface area contributed by atoms with Gasteiger partial charge < -0.3 is 9.13 Å². The maximum atomic E-state index is 14.8. The number of hydrogen-bond donors (Lipinski definition) is 0. The van der Waals surface area contributed by atoms with Crippen LogP contribution >= 0.6 is 0 Å². The predicted octanol–water partition coefficient (Wildman–Crippen LogP) is 13.5. The Balaban J connectivity index is 1.32. The lowest BCUT2D eigenvalue weighted by Crippen LogP contribution is -2.05. The monoisotopic (exact) mass is 686 g/mol. The lowest BCUT2D eigenvalue weighted by Gasteiger charge is -2.20. The number of nitrogens with zero attached hydrogens (tertiary/aromatic N) is 2. The Bertz CT molecular complexity index is 3010.